The van der Waals surface area contributed by atoms with Gasteiger partial charge in [0.15, 0.2) is 0 Å². The zero-order valence-electron chi connectivity index (χ0n) is 10.3. The molecule has 0 aromatic carbocycles. The zero-order chi connectivity index (χ0) is 13.7. The quantitative estimate of drug-likeness (QED) is 0.753. The van der Waals surface area contributed by atoms with Gasteiger partial charge in [-0.1, -0.05) is 13.8 Å². The van der Waals surface area contributed by atoms with Crippen molar-refractivity contribution < 1.29 is 18.0 Å². The Bertz CT molecular complexity index is 303. The Morgan fingerprint density at radius 1 is 1.29 bits per heavy atom. The standard InChI is InChI=1S/C11H17F3N2O/c1-4-10(5-2,8-15)9(17)16(3)7-6-11(12,13)14/h4-7H2,1-3H3. The molecular formula is C11H17F3N2O. The third-order valence-electron chi connectivity index (χ3n) is 2.91. The Labute approximate surface area is 99.2 Å². The molecule has 0 aromatic rings. The Morgan fingerprint density at radius 3 is 2.06 bits per heavy atom. The lowest BCUT2D eigenvalue weighted by Gasteiger charge is -2.28. The second kappa shape index (κ2) is 5.89. The van der Waals surface area contributed by atoms with Gasteiger partial charge in [0.2, 0.25) is 5.91 Å². The summed E-state index contributed by atoms with van der Waals surface area (Å²) in [5.41, 5.74) is -1.19. The minimum atomic E-state index is -4.29. The lowest BCUT2D eigenvalue weighted by Crippen LogP contribution is -2.42. The van der Waals surface area contributed by atoms with Crippen LogP contribution in [0.1, 0.15) is 33.1 Å². The minimum absolute atomic E-state index is 0.301. The Hall–Kier alpha value is -1.25. The van der Waals surface area contributed by atoms with E-state index in [4.69, 9.17) is 5.26 Å². The molecule has 6 heteroatoms. The number of amides is 1. The van der Waals surface area contributed by atoms with Crippen LogP contribution in [-0.2, 0) is 4.79 Å². The lowest BCUT2D eigenvalue weighted by atomic mass is 9.82. The number of rotatable bonds is 5. The van der Waals surface area contributed by atoms with Crippen LogP contribution in [0.2, 0.25) is 0 Å². The molecule has 0 rings (SSSR count). The second-order valence-electron chi connectivity index (χ2n) is 3.99. The van der Waals surface area contributed by atoms with Crippen LogP contribution >= 0.6 is 0 Å². The van der Waals surface area contributed by atoms with E-state index in [1.165, 1.54) is 7.05 Å². The molecular weight excluding hydrogens is 233 g/mol. The lowest BCUT2D eigenvalue weighted by molar-refractivity contribution is -0.148. The van der Waals surface area contributed by atoms with Crippen LogP contribution < -0.4 is 0 Å². The van der Waals surface area contributed by atoms with Crippen molar-refractivity contribution in [3.8, 4) is 6.07 Å². The van der Waals surface area contributed by atoms with E-state index >= 15 is 0 Å². The van der Waals surface area contributed by atoms with Gasteiger partial charge in [-0.25, -0.2) is 0 Å². The van der Waals surface area contributed by atoms with Crippen LogP contribution in [0, 0.1) is 16.7 Å². The maximum atomic E-state index is 12.0. The molecule has 0 spiro atoms. The molecule has 0 aromatic heterocycles. The van der Waals surface area contributed by atoms with Crippen LogP contribution in [0.5, 0.6) is 0 Å². The predicted molar refractivity (Wildman–Crippen MR) is 56.9 cm³/mol. The molecule has 98 valence electrons. The fourth-order valence-corrected chi connectivity index (χ4v) is 1.52. The van der Waals surface area contributed by atoms with Crippen LogP contribution in [0.15, 0.2) is 0 Å². The summed E-state index contributed by atoms with van der Waals surface area (Å²) in [5.74, 6) is -0.533. The summed E-state index contributed by atoms with van der Waals surface area (Å²) in [6, 6.07) is 1.92. The van der Waals surface area contributed by atoms with E-state index in [0.717, 1.165) is 4.90 Å². The van der Waals surface area contributed by atoms with Crippen LogP contribution in [-0.4, -0.2) is 30.6 Å². The van der Waals surface area contributed by atoms with Gasteiger partial charge in [0, 0.05) is 13.6 Å². The summed E-state index contributed by atoms with van der Waals surface area (Å²) in [7, 11) is 1.30. The first kappa shape index (κ1) is 15.8. The van der Waals surface area contributed by atoms with Gasteiger partial charge in [0.25, 0.3) is 0 Å². The molecule has 0 saturated heterocycles. The molecule has 3 nitrogen and oxygen atoms in total. The number of hydrogen-bond acceptors (Lipinski definition) is 2. The van der Waals surface area contributed by atoms with Gasteiger partial charge in [0.05, 0.1) is 12.5 Å². The summed E-state index contributed by atoms with van der Waals surface area (Å²) in [5, 5.41) is 9.00. The van der Waals surface area contributed by atoms with E-state index < -0.39 is 30.5 Å². The first-order valence-electron chi connectivity index (χ1n) is 5.46. The van der Waals surface area contributed by atoms with Gasteiger partial charge in [-0.05, 0) is 12.8 Å². The Balaban J connectivity index is 4.65. The number of halogens is 3. The maximum Gasteiger partial charge on any atom is 0.390 e. The van der Waals surface area contributed by atoms with Crippen molar-refractivity contribution >= 4 is 5.91 Å². The van der Waals surface area contributed by atoms with Crippen molar-refractivity contribution in [2.75, 3.05) is 13.6 Å². The van der Waals surface area contributed by atoms with E-state index in [0.29, 0.717) is 12.8 Å². The molecule has 0 N–H and O–H groups in total. The van der Waals surface area contributed by atoms with E-state index in [2.05, 4.69) is 0 Å². The topological polar surface area (TPSA) is 44.1 Å². The summed E-state index contributed by atoms with van der Waals surface area (Å²) in [4.78, 5) is 12.9. The number of nitriles is 1. The van der Waals surface area contributed by atoms with Gasteiger partial charge in [-0.2, -0.15) is 18.4 Å². The Morgan fingerprint density at radius 2 is 1.76 bits per heavy atom. The average Bonchev–Trinajstić information content (AvgIpc) is 2.27. The molecule has 0 atom stereocenters. The van der Waals surface area contributed by atoms with Crippen molar-refractivity contribution in [1.82, 2.24) is 4.90 Å². The second-order valence-corrected chi connectivity index (χ2v) is 3.99. The summed E-state index contributed by atoms with van der Waals surface area (Å²) >= 11 is 0. The van der Waals surface area contributed by atoms with Gasteiger partial charge in [0.1, 0.15) is 5.41 Å². The average molecular weight is 250 g/mol. The number of carbonyl (C=O) groups excluding carboxylic acids is 1. The Kier molecular flexibility index (Phi) is 5.46. The summed E-state index contributed by atoms with van der Waals surface area (Å²) in [6.45, 7) is 2.95. The minimum Gasteiger partial charge on any atom is -0.344 e. The zero-order valence-corrected chi connectivity index (χ0v) is 10.3. The summed E-state index contributed by atoms with van der Waals surface area (Å²) < 4.78 is 36.1. The molecule has 0 fully saturated rings. The highest BCUT2D eigenvalue weighted by Crippen LogP contribution is 2.28. The van der Waals surface area contributed by atoms with Crippen molar-refractivity contribution in [3.63, 3.8) is 0 Å². The normalized spacial score (nSPS) is 12.1. The molecule has 0 saturated carbocycles. The first-order valence-corrected chi connectivity index (χ1v) is 5.46. The molecule has 0 aliphatic carbocycles. The third kappa shape index (κ3) is 4.25. The highest BCUT2D eigenvalue weighted by molar-refractivity contribution is 5.85. The van der Waals surface area contributed by atoms with E-state index in [1.807, 2.05) is 6.07 Å². The van der Waals surface area contributed by atoms with Crippen molar-refractivity contribution in [2.45, 2.75) is 39.3 Å². The number of hydrogen-bond donors (Lipinski definition) is 0. The third-order valence-corrected chi connectivity index (χ3v) is 2.91. The molecule has 17 heavy (non-hydrogen) atoms. The van der Waals surface area contributed by atoms with Crippen molar-refractivity contribution in [2.24, 2.45) is 5.41 Å². The highest BCUT2D eigenvalue weighted by atomic mass is 19.4. The molecule has 0 aliphatic heterocycles. The van der Waals surface area contributed by atoms with E-state index in [1.54, 1.807) is 13.8 Å². The fraction of sp³-hybridized carbons (Fsp3) is 0.818. The van der Waals surface area contributed by atoms with Crippen LogP contribution in [0.3, 0.4) is 0 Å². The number of nitrogens with zero attached hydrogens (tertiary/aromatic N) is 2. The van der Waals surface area contributed by atoms with Gasteiger partial charge >= 0.3 is 6.18 Å². The SMILES string of the molecule is CCC(C#N)(CC)C(=O)N(C)CCC(F)(F)F. The molecule has 0 aliphatic rings. The molecule has 0 unspecified atom stereocenters. The fourth-order valence-electron chi connectivity index (χ4n) is 1.52. The van der Waals surface area contributed by atoms with Crippen molar-refractivity contribution in [3.05, 3.63) is 0 Å². The summed E-state index contributed by atoms with van der Waals surface area (Å²) in [6.07, 6.45) is -4.74. The molecule has 0 heterocycles. The molecule has 0 radical (unpaired) electrons. The number of alkyl halides is 3. The van der Waals surface area contributed by atoms with Crippen LogP contribution in [0.25, 0.3) is 0 Å². The first-order chi connectivity index (χ1) is 7.72. The number of carbonyl (C=O) groups is 1. The van der Waals surface area contributed by atoms with E-state index in [9.17, 15) is 18.0 Å². The van der Waals surface area contributed by atoms with Gasteiger partial charge in [-0.15, -0.1) is 0 Å². The van der Waals surface area contributed by atoms with Gasteiger partial charge in [-0.3, -0.25) is 4.79 Å². The molecule has 1 amide bonds. The monoisotopic (exact) mass is 250 g/mol. The predicted octanol–water partition coefficient (Wildman–Crippen LogP) is 2.73. The largest absolute Gasteiger partial charge is 0.390 e. The highest BCUT2D eigenvalue weighted by Gasteiger charge is 2.38. The van der Waals surface area contributed by atoms with E-state index in [-0.39, 0.29) is 0 Å². The molecule has 0 bridgehead atoms. The van der Waals surface area contributed by atoms with Crippen molar-refractivity contribution in [1.29, 1.82) is 5.26 Å². The smallest absolute Gasteiger partial charge is 0.344 e. The maximum absolute atomic E-state index is 12.0. The van der Waals surface area contributed by atoms with Crippen LogP contribution in [0.4, 0.5) is 13.2 Å². The van der Waals surface area contributed by atoms with Gasteiger partial charge < -0.3 is 4.90 Å².